The first kappa shape index (κ1) is 31.2. The maximum atomic E-state index is 12.2. The molecule has 0 saturated heterocycles. The molecule has 2 N–H and O–H groups in total. The summed E-state index contributed by atoms with van der Waals surface area (Å²) in [5, 5.41) is 0. The van der Waals surface area contributed by atoms with Crippen LogP contribution in [-0.4, -0.2) is 65.6 Å². The molecule has 0 bridgehead atoms. The number of ether oxygens (including phenoxy) is 2. The van der Waals surface area contributed by atoms with Gasteiger partial charge in [-0.3, -0.25) is 0 Å². The molecule has 0 aliphatic heterocycles. The Kier molecular flexibility index (Phi) is 12.6. The lowest BCUT2D eigenvalue weighted by molar-refractivity contribution is -0.141. The summed E-state index contributed by atoms with van der Waals surface area (Å²) in [6.45, 7) is 2.51. The molecule has 0 aromatic heterocycles. The summed E-state index contributed by atoms with van der Waals surface area (Å²) in [6, 6.07) is 16.9. The van der Waals surface area contributed by atoms with Crippen LogP contribution in [0.1, 0.15) is 25.0 Å². The van der Waals surface area contributed by atoms with Crippen LogP contribution in [0.15, 0.2) is 72.8 Å². The van der Waals surface area contributed by atoms with Gasteiger partial charge in [0, 0.05) is 12.2 Å². The Morgan fingerprint density at radius 2 is 1.03 bits per heavy atom. The molecule has 2 atom stereocenters. The van der Waals surface area contributed by atoms with E-state index in [1.165, 1.54) is 13.8 Å². The second kappa shape index (κ2) is 15.4. The average molecular weight is 567 g/mol. The van der Waals surface area contributed by atoms with Crippen molar-refractivity contribution in [2.45, 2.75) is 38.8 Å². The Balaban J connectivity index is 1.92. The van der Waals surface area contributed by atoms with Crippen LogP contribution in [0.25, 0.3) is 0 Å². The number of carbonyl (C=O) groups excluding carboxylic acids is 2. The summed E-state index contributed by atoms with van der Waals surface area (Å²) in [4.78, 5) is 24.3. The Hall–Kier alpha value is -3.06. The molecule has 0 saturated carbocycles. The number of rotatable bonds is 16. The maximum Gasteiger partial charge on any atom is 0.331 e. The third kappa shape index (κ3) is 12.5. The molecule has 0 aliphatic carbocycles. The highest BCUT2D eigenvalue weighted by Crippen LogP contribution is 2.07. The van der Waals surface area contributed by atoms with Crippen molar-refractivity contribution in [1.29, 1.82) is 0 Å². The lowest BCUT2D eigenvalue weighted by Crippen LogP contribution is -2.41. The van der Waals surface area contributed by atoms with Crippen LogP contribution in [0.4, 0.5) is 0 Å². The SMILES string of the molecule is CCS(=O)(=O)N[C@H](COC(=O)/C=C/C(=O)OC[C@H](Cc1ccccc1)NS(=O)(=O)CC)Cc1ccccc1. The number of hydrogen-bond donors (Lipinski definition) is 2. The normalized spacial score (nSPS) is 13.6. The average Bonchev–Trinajstić information content (AvgIpc) is 2.90. The predicted octanol–water partition coefficient (Wildman–Crippen LogP) is 1.73. The molecule has 38 heavy (non-hydrogen) atoms. The third-order valence-electron chi connectivity index (χ3n) is 5.31. The maximum absolute atomic E-state index is 12.2. The first-order valence-electron chi connectivity index (χ1n) is 12.1. The third-order valence-corrected chi connectivity index (χ3v) is 8.22. The van der Waals surface area contributed by atoms with Crippen molar-refractivity contribution in [3.63, 3.8) is 0 Å². The molecule has 0 aliphatic rings. The van der Waals surface area contributed by atoms with Gasteiger partial charge in [0.1, 0.15) is 13.2 Å². The van der Waals surface area contributed by atoms with E-state index in [2.05, 4.69) is 9.44 Å². The van der Waals surface area contributed by atoms with Crippen molar-refractivity contribution in [2.24, 2.45) is 0 Å². The van der Waals surface area contributed by atoms with Crippen molar-refractivity contribution < 1.29 is 35.9 Å². The zero-order valence-electron chi connectivity index (χ0n) is 21.4. The zero-order chi connectivity index (χ0) is 28.0. The number of esters is 2. The van der Waals surface area contributed by atoms with Crippen molar-refractivity contribution in [2.75, 3.05) is 24.7 Å². The van der Waals surface area contributed by atoms with Gasteiger partial charge in [0.2, 0.25) is 20.0 Å². The first-order chi connectivity index (χ1) is 18.0. The van der Waals surface area contributed by atoms with E-state index in [1.807, 2.05) is 60.7 Å². The molecule has 2 aromatic carbocycles. The number of hydrogen-bond acceptors (Lipinski definition) is 8. The largest absolute Gasteiger partial charge is 0.461 e. The number of nitrogens with one attached hydrogen (secondary N) is 2. The quantitative estimate of drug-likeness (QED) is 0.231. The van der Waals surface area contributed by atoms with Crippen molar-refractivity contribution in [1.82, 2.24) is 9.44 Å². The Morgan fingerprint density at radius 3 is 1.34 bits per heavy atom. The number of sulfonamides is 2. The molecule has 10 nitrogen and oxygen atoms in total. The minimum Gasteiger partial charge on any atom is -0.461 e. The highest BCUT2D eigenvalue weighted by Gasteiger charge is 2.20. The van der Waals surface area contributed by atoms with E-state index in [9.17, 15) is 26.4 Å². The summed E-state index contributed by atoms with van der Waals surface area (Å²) in [6.07, 6.45) is 2.35. The van der Waals surface area contributed by atoms with Gasteiger partial charge in [-0.05, 0) is 37.8 Å². The number of benzene rings is 2. The summed E-state index contributed by atoms with van der Waals surface area (Å²) in [5.74, 6) is -1.97. The van der Waals surface area contributed by atoms with E-state index in [0.717, 1.165) is 23.3 Å². The topological polar surface area (TPSA) is 145 Å². The van der Waals surface area contributed by atoms with Gasteiger partial charge in [0.05, 0.1) is 23.6 Å². The lowest BCUT2D eigenvalue weighted by Gasteiger charge is -2.18. The predicted molar refractivity (Wildman–Crippen MR) is 144 cm³/mol. The Morgan fingerprint density at radius 1 is 0.684 bits per heavy atom. The second-order valence-corrected chi connectivity index (χ2v) is 12.5. The highest BCUT2D eigenvalue weighted by molar-refractivity contribution is 7.89. The molecule has 12 heteroatoms. The molecular weight excluding hydrogens is 532 g/mol. The molecule has 0 radical (unpaired) electrons. The fraction of sp³-hybridized carbons (Fsp3) is 0.385. The van der Waals surface area contributed by atoms with Gasteiger partial charge in [0.15, 0.2) is 0 Å². The van der Waals surface area contributed by atoms with Crippen LogP contribution in [-0.2, 0) is 52.0 Å². The fourth-order valence-electron chi connectivity index (χ4n) is 3.34. The van der Waals surface area contributed by atoms with E-state index in [1.54, 1.807) is 0 Å². The molecule has 208 valence electrons. The van der Waals surface area contributed by atoms with Gasteiger partial charge in [-0.2, -0.15) is 0 Å². The highest BCUT2D eigenvalue weighted by atomic mass is 32.2. The molecule has 2 rings (SSSR count). The smallest absolute Gasteiger partial charge is 0.331 e. The van der Waals surface area contributed by atoms with Crippen LogP contribution in [0, 0.1) is 0 Å². The van der Waals surface area contributed by atoms with Gasteiger partial charge in [-0.1, -0.05) is 60.7 Å². The zero-order valence-corrected chi connectivity index (χ0v) is 23.0. The van der Waals surface area contributed by atoms with Gasteiger partial charge >= 0.3 is 11.9 Å². The molecule has 0 fully saturated rings. The molecule has 2 aromatic rings. The fourth-order valence-corrected chi connectivity index (χ4v) is 4.99. The molecule has 0 unspecified atom stereocenters. The minimum atomic E-state index is -3.55. The van der Waals surface area contributed by atoms with Crippen LogP contribution in [0.3, 0.4) is 0 Å². The van der Waals surface area contributed by atoms with Crippen molar-refractivity contribution in [3.05, 3.63) is 83.9 Å². The van der Waals surface area contributed by atoms with Crippen molar-refractivity contribution >= 4 is 32.0 Å². The van der Waals surface area contributed by atoms with Crippen LogP contribution in [0.2, 0.25) is 0 Å². The Labute approximate surface area is 224 Å². The van der Waals surface area contributed by atoms with Crippen LogP contribution in [0.5, 0.6) is 0 Å². The molecule has 0 heterocycles. The summed E-state index contributed by atoms with van der Waals surface area (Å²) in [7, 11) is -7.10. The van der Waals surface area contributed by atoms with E-state index in [-0.39, 0.29) is 24.7 Å². The van der Waals surface area contributed by atoms with Gasteiger partial charge < -0.3 is 9.47 Å². The van der Waals surface area contributed by atoms with Gasteiger partial charge in [-0.15, -0.1) is 0 Å². The van der Waals surface area contributed by atoms with Crippen LogP contribution < -0.4 is 9.44 Å². The second-order valence-electron chi connectivity index (χ2n) is 8.41. The molecule has 0 amide bonds. The van der Waals surface area contributed by atoms with Gasteiger partial charge in [-0.25, -0.2) is 35.9 Å². The first-order valence-corrected chi connectivity index (χ1v) is 15.4. The van der Waals surface area contributed by atoms with E-state index in [0.29, 0.717) is 12.8 Å². The molecule has 0 spiro atoms. The standard InChI is InChI=1S/C26H34N2O8S2/c1-3-37(31,32)27-23(17-21-11-7-5-8-12-21)19-35-25(29)15-16-26(30)36-20-24(28-38(33,34)4-2)18-22-13-9-6-10-14-22/h5-16,23-24,27-28H,3-4,17-20H2,1-2H3/b16-15+/t23-,24-/m0/s1. The summed E-state index contributed by atoms with van der Waals surface area (Å²) in [5.41, 5.74) is 1.71. The number of carbonyl (C=O) groups is 2. The monoisotopic (exact) mass is 566 g/mol. The molecular formula is C26H34N2O8S2. The van der Waals surface area contributed by atoms with E-state index >= 15 is 0 Å². The van der Waals surface area contributed by atoms with Gasteiger partial charge in [0.25, 0.3) is 0 Å². The van der Waals surface area contributed by atoms with E-state index in [4.69, 9.17) is 9.47 Å². The van der Waals surface area contributed by atoms with Crippen molar-refractivity contribution in [3.8, 4) is 0 Å². The minimum absolute atomic E-state index is 0.127. The lowest BCUT2D eigenvalue weighted by atomic mass is 10.1. The summed E-state index contributed by atoms with van der Waals surface area (Å²) < 4.78 is 63.5. The van der Waals surface area contributed by atoms with E-state index < -0.39 is 44.1 Å². The van der Waals surface area contributed by atoms with Crippen LogP contribution >= 0.6 is 0 Å². The summed E-state index contributed by atoms with van der Waals surface area (Å²) >= 11 is 0. The Bertz CT molecular complexity index is 1170.